The largest absolute Gasteiger partial charge is 0.311 e. The Morgan fingerprint density at radius 2 is 2.05 bits per heavy atom. The standard InChI is InChI=1S/C14H21ClN2O3S/c1-4-9-21(19,20)16-7-8-17(12(3)18)14-10-13(15)6-5-11(14)2/h5-6,10,16H,4,7-9H2,1-3H3. The highest BCUT2D eigenvalue weighted by molar-refractivity contribution is 7.89. The number of nitrogens with one attached hydrogen (secondary N) is 1. The summed E-state index contributed by atoms with van der Waals surface area (Å²) in [6.07, 6.45) is 0.555. The molecule has 1 rings (SSSR count). The molecule has 5 nitrogen and oxygen atoms in total. The van der Waals surface area contributed by atoms with Crippen LogP contribution in [0.25, 0.3) is 0 Å². The van der Waals surface area contributed by atoms with Gasteiger partial charge in [0.2, 0.25) is 15.9 Å². The topological polar surface area (TPSA) is 66.5 Å². The first-order chi connectivity index (χ1) is 9.76. The summed E-state index contributed by atoms with van der Waals surface area (Å²) in [5, 5.41) is 0.536. The summed E-state index contributed by atoms with van der Waals surface area (Å²) in [5.41, 5.74) is 1.61. The minimum atomic E-state index is -3.27. The number of aryl methyl sites for hydroxylation is 1. The second-order valence-electron chi connectivity index (χ2n) is 4.81. The Labute approximate surface area is 131 Å². The molecule has 1 amide bonds. The molecule has 0 aliphatic carbocycles. The SMILES string of the molecule is CCCS(=O)(=O)NCCN(C(C)=O)c1cc(Cl)ccc1C. The Hall–Kier alpha value is -1.11. The highest BCUT2D eigenvalue weighted by Crippen LogP contribution is 2.24. The van der Waals surface area contributed by atoms with E-state index in [0.29, 0.717) is 17.1 Å². The van der Waals surface area contributed by atoms with Crippen LogP contribution in [0, 0.1) is 6.92 Å². The Balaban J connectivity index is 2.80. The Morgan fingerprint density at radius 3 is 2.62 bits per heavy atom. The maximum absolute atomic E-state index is 11.8. The van der Waals surface area contributed by atoms with Crippen molar-refractivity contribution in [3.05, 3.63) is 28.8 Å². The lowest BCUT2D eigenvalue weighted by atomic mass is 10.2. The van der Waals surface area contributed by atoms with Gasteiger partial charge in [0.05, 0.1) is 5.75 Å². The van der Waals surface area contributed by atoms with Crippen molar-refractivity contribution in [2.45, 2.75) is 27.2 Å². The zero-order chi connectivity index (χ0) is 16.0. The average Bonchev–Trinajstić information content (AvgIpc) is 2.37. The number of nitrogens with zero attached hydrogens (tertiary/aromatic N) is 1. The van der Waals surface area contributed by atoms with E-state index < -0.39 is 10.0 Å². The van der Waals surface area contributed by atoms with Crippen LogP contribution >= 0.6 is 11.6 Å². The number of rotatable bonds is 7. The molecule has 1 aromatic rings. The number of sulfonamides is 1. The third kappa shape index (κ3) is 5.65. The molecule has 0 saturated heterocycles. The van der Waals surface area contributed by atoms with E-state index in [-0.39, 0.29) is 24.7 Å². The molecule has 0 radical (unpaired) electrons. The van der Waals surface area contributed by atoms with Crippen LogP contribution in [0.1, 0.15) is 25.8 Å². The van der Waals surface area contributed by atoms with Gasteiger partial charge >= 0.3 is 0 Å². The fourth-order valence-corrected chi connectivity index (χ4v) is 3.23. The molecule has 0 aliphatic heterocycles. The lowest BCUT2D eigenvalue weighted by Crippen LogP contribution is -2.38. The Morgan fingerprint density at radius 1 is 1.38 bits per heavy atom. The van der Waals surface area contributed by atoms with Gasteiger partial charge in [0.25, 0.3) is 0 Å². The number of amides is 1. The number of carbonyl (C=O) groups is 1. The van der Waals surface area contributed by atoms with Crippen LogP contribution in [0.15, 0.2) is 18.2 Å². The van der Waals surface area contributed by atoms with E-state index in [1.54, 1.807) is 19.1 Å². The van der Waals surface area contributed by atoms with E-state index in [2.05, 4.69) is 4.72 Å². The first-order valence-corrected chi connectivity index (χ1v) is 8.81. The van der Waals surface area contributed by atoms with E-state index in [1.165, 1.54) is 11.8 Å². The second kappa shape index (κ2) is 7.77. The summed E-state index contributed by atoms with van der Waals surface area (Å²) in [5.74, 6) is -0.0708. The van der Waals surface area contributed by atoms with E-state index in [0.717, 1.165) is 5.56 Å². The maximum atomic E-state index is 11.8. The molecule has 0 spiro atoms. The third-order valence-corrected chi connectivity index (χ3v) is 4.80. The summed E-state index contributed by atoms with van der Waals surface area (Å²) in [6, 6.07) is 5.29. The highest BCUT2D eigenvalue weighted by Gasteiger charge is 2.15. The van der Waals surface area contributed by atoms with E-state index in [9.17, 15) is 13.2 Å². The van der Waals surface area contributed by atoms with Crippen LogP contribution in [-0.4, -0.2) is 33.2 Å². The van der Waals surface area contributed by atoms with Gasteiger partial charge in [-0.3, -0.25) is 4.79 Å². The Kier molecular flexibility index (Phi) is 6.64. The minimum Gasteiger partial charge on any atom is -0.311 e. The lowest BCUT2D eigenvalue weighted by Gasteiger charge is -2.23. The minimum absolute atomic E-state index is 0.0866. The number of hydrogen-bond donors (Lipinski definition) is 1. The summed E-state index contributed by atoms with van der Waals surface area (Å²) in [4.78, 5) is 13.3. The zero-order valence-electron chi connectivity index (χ0n) is 12.5. The fraction of sp³-hybridized carbons (Fsp3) is 0.500. The molecular weight excluding hydrogens is 312 g/mol. The molecule has 0 aromatic heterocycles. The summed E-state index contributed by atoms with van der Waals surface area (Å²) >= 11 is 5.96. The molecule has 7 heteroatoms. The molecule has 0 fully saturated rings. The molecular formula is C14H21ClN2O3S. The highest BCUT2D eigenvalue weighted by atomic mass is 35.5. The Bertz CT molecular complexity index is 602. The predicted octanol–water partition coefficient (Wildman–Crippen LogP) is 2.33. The van der Waals surface area contributed by atoms with Gasteiger partial charge in [0, 0.05) is 30.7 Å². The number of carbonyl (C=O) groups excluding carboxylic acids is 1. The van der Waals surface area contributed by atoms with Crippen molar-refractivity contribution in [3.8, 4) is 0 Å². The summed E-state index contributed by atoms with van der Waals surface area (Å²) in [6.45, 7) is 5.56. The van der Waals surface area contributed by atoms with Crippen LogP contribution in [-0.2, 0) is 14.8 Å². The number of benzene rings is 1. The molecule has 1 aromatic carbocycles. The third-order valence-electron chi connectivity index (χ3n) is 2.97. The van der Waals surface area contributed by atoms with Crippen molar-refractivity contribution in [2.24, 2.45) is 0 Å². The van der Waals surface area contributed by atoms with Crippen molar-refractivity contribution in [2.75, 3.05) is 23.7 Å². The predicted molar refractivity (Wildman–Crippen MR) is 86.3 cm³/mol. The van der Waals surface area contributed by atoms with Gasteiger partial charge in [-0.1, -0.05) is 24.6 Å². The normalized spacial score (nSPS) is 11.4. The molecule has 0 heterocycles. The molecule has 0 saturated carbocycles. The van der Waals surface area contributed by atoms with Gasteiger partial charge < -0.3 is 4.90 Å². The van der Waals surface area contributed by atoms with Crippen molar-refractivity contribution < 1.29 is 13.2 Å². The van der Waals surface area contributed by atoms with E-state index in [1.807, 2.05) is 13.0 Å². The van der Waals surface area contributed by atoms with Gasteiger partial charge in [0.1, 0.15) is 0 Å². The number of halogens is 1. The van der Waals surface area contributed by atoms with Crippen molar-refractivity contribution in [1.29, 1.82) is 0 Å². The van der Waals surface area contributed by atoms with Crippen LogP contribution in [0.2, 0.25) is 5.02 Å². The molecule has 1 N–H and O–H groups in total. The quantitative estimate of drug-likeness (QED) is 0.833. The van der Waals surface area contributed by atoms with Gasteiger partial charge in [0.15, 0.2) is 0 Å². The monoisotopic (exact) mass is 332 g/mol. The number of anilines is 1. The summed E-state index contributed by atoms with van der Waals surface area (Å²) in [7, 11) is -3.27. The van der Waals surface area contributed by atoms with Gasteiger partial charge in [-0.05, 0) is 31.0 Å². The number of hydrogen-bond acceptors (Lipinski definition) is 3. The van der Waals surface area contributed by atoms with Gasteiger partial charge in [-0.15, -0.1) is 0 Å². The zero-order valence-corrected chi connectivity index (χ0v) is 14.1. The van der Waals surface area contributed by atoms with Gasteiger partial charge in [-0.25, -0.2) is 13.1 Å². The van der Waals surface area contributed by atoms with Crippen LogP contribution in [0.5, 0.6) is 0 Å². The van der Waals surface area contributed by atoms with E-state index >= 15 is 0 Å². The molecule has 21 heavy (non-hydrogen) atoms. The molecule has 0 aliphatic rings. The molecule has 0 bridgehead atoms. The molecule has 0 atom stereocenters. The first-order valence-electron chi connectivity index (χ1n) is 6.78. The van der Waals surface area contributed by atoms with E-state index in [4.69, 9.17) is 11.6 Å². The molecule has 0 unspecified atom stereocenters. The lowest BCUT2D eigenvalue weighted by molar-refractivity contribution is -0.116. The van der Waals surface area contributed by atoms with Gasteiger partial charge in [-0.2, -0.15) is 0 Å². The van der Waals surface area contributed by atoms with Crippen LogP contribution < -0.4 is 9.62 Å². The maximum Gasteiger partial charge on any atom is 0.223 e. The van der Waals surface area contributed by atoms with Crippen LogP contribution in [0.4, 0.5) is 5.69 Å². The summed E-state index contributed by atoms with van der Waals surface area (Å²) < 4.78 is 25.7. The van der Waals surface area contributed by atoms with Crippen LogP contribution in [0.3, 0.4) is 0 Å². The van der Waals surface area contributed by atoms with Crippen molar-refractivity contribution in [1.82, 2.24) is 4.72 Å². The second-order valence-corrected chi connectivity index (χ2v) is 7.18. The average molecular weight is 333 g/mol. The first kappa shape index (κ1) is 17.9. The van der Waals surface area contributed by atoms with Crippen molar-refractivity contribution in [3.63, 3.8) is 0 Å². The molecule has 118 valence electrons. The fourth-order valence-electron chi connectivity index (χ4n) is 1.97. The van der Waals surface area contributed by atoms with Crippen molar-refractivity contribution >= 4 is 33.2 Å². The smallest absolute Gasteiger partial charge is 0.223 e.